The van der Waals surface area contributed by atoms with Gasteiger partial charge in [-0.2, -0.15) is 0 Å². The molecule has 2 unspecified atom stereocenters. The van der Waals surface area contributed by atoms with Gasteiger partial charge in [0.15, 0.2) is 5.96 Å². The van der Waals surface area contributed by atoms with Crippen LogP contribution in [-0.4, -0.2) is 69.1 Å². The highest BCUT2D eigenvalue weighted by Crippen LogP contribution is 2.25. The molecule has 0 spiro atoms. The summed E-state index contributed by atoms with van der Waals surface area (Å²) in [5, 5.41) is 3.42. The molecular weight excluding hydrogens is 481 g/mol. The highest BCUT2D eigenvalue weighted by Gasteiger charge is 2.32. The van der Waals surface area contributed by atoms with E-state index < -0.39 is 0 Å². The van der Waals surface area contributed by atoms with Crippen molar-refractivity contribution in [3.8, 4) is 5.75 Å². The molecule has 0 aliphatic carbocycles. The van der Waals surface area contributed by atoms with E-state index in [1.165, 1.54) is 5.56 Å². The van der Waals surface area contributed by atoms with Crippen molar-refractivity contribution in [1.82, 2.24) is 10.2 Å². The Kier molecular flexibility index (Phi) is 10.5. The SMILES string of the molecule is CCNC(=NCCOc1ccccc1C(C)C)N1CCOC(C2CCCO2)C1.I. The maximum absolute atomic E-state index is 6.02. The number of benzene rings is 1. The Morgan fingerprint density at radius 1 is 1.24 bits per heavy atom. The highest BCUT2D eigenvalue weighted by atomic mass is 127. The first-order valence-corrected chi connectivity index (χ1v) is 10.7. The molecule has 2 saturated heterocycles. The van der Waals surface area contributed by atoms with Gasteiger partial charge in [-0.3, -0.25) is 0 Å². The number of rotatable bonds is 7. The summed E-state index contributed by atoms with van der Waals surface area (Å²) in [6.07, 6.45) is 2.58. The lowest BCUT2D eigenvalue weighted by atomic mass is 10.0. The number of para-hydroxylation sites is 1. The van der Waals surface area contributed by atoms with Gasteiger partial charge >= 0.3 is 0 Å². The Morgan fingerprint density at radius 2 is 2.03 bits per heavy atom. The maximum Gasteiger partial charge on any atom is 0.194 e. The number of hydrogen-bond acceptors (Lipinski definition) is 4. The number of guanidine groups is 1. The second-order valence-corrected chi connectivity index (χ2v) is 7.68. The van der Waals surface area contributed by atoms with Gasteiger partial charge in [0.2, 0.25) is 0 Å². The van der Waals surface area contributed by atoms with Gasteiger partial charge in [-0.15, -0.1) is 24.0 Å². The standard InChI is InChI=1S/C22H35N3O3.HI/c1-4-23-22(25-12-15-28-21(16-25)20-10-7-13-26-20)24-11-14-27-19-9-6-5-8-18(19)17(2)3;/h5-6,8-9,17,20-21H,4,7,10-16H2,1-3H3,(H,23,24);1H. The van der Waals surface area contributed by atoms with Crippen LogP contribution in [0, 0.1) is 0 Å². The summed E-state index contributed by atoms with van der Waals surface area (Å²) in [5.41, 5.74) is 1.24. The van der Waals surface area contributed by atoms with Crippen LogP contribution in [0.3, 0.4) is 0 Å². The first-order chi connectivity index (χ1) is 13.7. The molecule has 1 N–H and O–H groups in total. The van der Waals surface area contributed by atoms with Crippen molar-refractivity contribution in [3.05, 3.63) is 29.8 Å². The molecule has 2 heterocycles. The van der Waals surface area contributed by atoms with Crippen molar-refractivity contribution in [2.24, 2.45) is 4.99 Å². The zero-order valence-corrected chi connectivity index (χ0v) is 20.3. The largest absolute Gasteiger partial charge is 0.491 e. The lowest BCUT2D eigenvalue weighted by Crippen LogP contribution is -2.53. The lowest BCUT2D eigenvalue weighted by molar-refractivity contribution is -0.0817. The summed E-state index contributed by atoms with van der Waals surface area (Å²) < 4.78 is 17.8. The Bertz CT molecular complexity index is 635. The molecule has 0 radical (unpaired) electrons. The fourth-order valence-corrected chi connectivity index (χ4v) is 3.81. The van der Waals surface area contributed by atoms with Crippen molar-refractivity contribution < 1.29 is 14.2 Å². The van der Waals surface area contributed by atoms with Gasteiger partial charge in [0.1, 0.15) is 18.5 Å². The monoisotopic (exact) mass is 517 g/mol. The minimum absolute atomic E-state index is 0. The van der Waals surface area contributed by atoms with E-state index in [1.54, 1.807) is 0 Å². The van der Waals surface area contributed by atoms with E-state index in [4.69, 9.17) is 19.2 Å². The van der Waals surface area contributed by atoms with Gasteiger partial charge in [0, 0.05) is 26.2 Å². The van der Waals surface area contributed by atoms with Crippen LogP contribution in [0.2, 0.25) is 0 Å². The van der Waals surface area contributed by atoms with Crippen LogP contribution in [0.4, 0.5) is 0 Å². The van der Waals surface area contributed by atoms with E-state index in [0.29, 0.717) is 25.7 Å². The van der Waals surface area contributed by atoms with E-state index in [2.05, 4.69) is 43.1 Å². The molecule has 7 heteroatoms. The Hall–Kier alpha value is -1.06. The van der Waals surface area contributed by atoms with Crippen molar-refractivity contribution in [2.45, 2.75) is 51.7 Å². The number of hydrogen-bond donors (Lipinski definition) is 1. The fourth-order valence-electron chi connectivity index (χ4n) is 3.81. The van der Waals surface area contributed by atoms with Crippen LogP contribution in [0.1, 0.15) is 45.1 Å². The average molecular weight is 517 g/mol. The van der Waals surface area contributed by atoms with Crippen LogP contribution in [-0.2, 0) is 9.47 Å². The van der Waals surface area contributed by atoms with Gasteiger partial charge in [-0.25, -0.2) is 4.99 Å². The van der Waals surface area contributed by atoms with Gasteiger partial charge in [-0.1, -0.05) is 32.0 Å². The number of morpholine rings is 1. The van der Waals surface area contributed by atoms with Crippen molar-refractivity contribution >= 4 is 29.9 Å². The summed E-state index contributed by atoms with van der Waals surface area (Å²) in [6, 6.07) is 8.25. The number of nitrogens with one attached hydrogen (secondary N) is 1. The van der Waals surface area contributed by atoms with Gasteiger partial charge < -0.3 is 24.4 Å². The average Bonchev–Trinajstić information content (AvgIpc) is 3.25. The van der Waals surface area contributed by atoms with Crippen molar-refractivity contribution in [3.63, 3.8) is 0 Å². The number of ether oxygens (including phenoxy) is 3. The van der Waals surface area contributed by atoms with Crippen LogP contribution in [0.5, 0.6) is 5.75 Å². The molecule has 1 aromatic carbocycles. The van der Waals surface area contributed by atoms with Crippen molar-refractivity contribution in [2.75, 3.05) is 46.0 Å². The molecule has 2 atom stereocenters. The zero-order chi connectivity index (χ0) is 19.8. The minimum atomic E-state index is 0. The highest BCUT2D eigenvalue weighted by molar-refractivity contribution is 14.0. The Labute approximate surface area is 192 Å². The molecule has 0 bridgehead atoms. The minimum Gasteiger partial charge on any atom is -0.491 e. The predicted octanol–water partition coefficient (Wildman–Crippen LogP) is 3.65. The summed E-state index contributed by atoms with van der Waals surface area (Å²) in [4.78, 5) is 7.09. The number of nitrogens with zero attached hydrogens (tertiary/aromatic N) is 2. The topological polar surface area (TPSA) is 55.3 Å². The maximum atomic E-state index is 6.02. The third-order valence-electron chi connectivity index (χ3n) is 5.26. The number of aliphatic imine (C=N–C) groups is 1. The fraction of sp³-hybridized carbons (Fsp3) is 0.682. The smallest absolute Gasteiger partial charge is 0.194 e. The second kappa shape index (κ2) is 12.6. The third kappa shape index (κ3) is 7.00. The van der Waals surface area contributed by atoms with E-state index in [-0.39, 0.29) is 36.2 Å². The van der Waals surface area contributed by atoms with Gasteiger partial charge in [0.25, 0.3) is 0 Å². The predicted molar refractivity (Wildman–Crippen MR) is 128 cm³/mol. The van der Waals surface area contributed by atoms with Gasteiger partial charge in [0.05, 0.1) is 19.3 Å². The molecule has 3 rings (SSSR count). The lowest BCUT2D eigenvalue weighted by Gasteiger charge is -2.37. The van der Waals surface area contributed by atoms with Crippen LogP contribution >= 0.6 is 24.0 Å². The molecule has 0 amide bonds. The van der Waals surface area contributed by atoms with E-state index in [1.807, 2.05) is 12.1 Å². The molecule has 0 saturated carbocycles. The molecule has 2 aliphatic rings. The Balaban J connectivity index is 0.00000300. The molecule has 2 fully saturated rings. The molecule has 0 aromatic heterocycles. The first kappa shape index (κ1) is 24.2. The quantitative estimate of drug-likeness (QED) is 0.259. The molecule has 2 aliphatic heterocycles. The zero-order valence-electron chi connectivity index (χ0n) is 17.9. The van der Waals surface area contributed by atoms with Crippen LogP contribution < -0.4 is 10.1 Å². The first-order valence-electron chi connectivity index (χ1n) is 10.7. The van der Waals surface area contributed by atoms with Crippen molar-refractivity contribution in [1.29, 1.82) is 0 Å². The van der Waals surface area contributed by atoms with E-state index >= 15 is 0 Å². The van der Waals surface area contributed by atoms with Crippen LogP contribution in [0.15, 0.2) is 29.3 Å². The molecule has 6 nitrogen and oxygen atoms in total. The molecule has 164 valence electrons. The van der Waals surface area contributed by atoms with Crippen LogP contribution in [0.25, 0.3) is 0 Å². The van der Waals surface area contributed by atoms with Gasteiger partial charge in [-0.05, 0) is 37.3 Å². The molecule has 29 heavy (non-hydrogen) atoms. The summed E-state index contributed by atoms with van der Waals surface area (Å²) >= 11 is 0. The number of halogens is 1. The summed E-state index contributed by atoms with van der Waals surface area (Å²) in [5.74, 6) is 2.34. The van der Waals surface area contributed by atoms with E-state index in [9.17, 15) is 0 Å². The normalized spacial score (nSPS) is 22.5. The molecular formula is C22H36IN3O3. The second-order valence-electron chi connectivity index (χ2n) is 7.68. The summed E-state index contributed by atoms with van der Waals surface area (Å²) in [6.45, 7) is 11.8. The van der Waals surface area contributed by atoms with E-state index in [0.717, 1.165) is 50.8 Å². The molecule has 1 aromatic rings. The summed E-state index contributed by atoms with van der Waals surface area (Å²) in [7, 11) is 0. The Morgan fingerprint density at radius 3 is 2.76 bits per heavy atom. The third-order valence-corrected chi connectivity index (χ3v) is 5.26.